The van der Waals surface area contributed by atoms with E-state index >= 15 is 0 Å². The second kappa shape index (κ2) is 6.71. The Morgan fingerprint density at radius 1 is 1.67 bits per heavy atom. The minimum absolute atomic E-state index is 0.605. The highest BCUT2D eigenvalue weighted by atomic mass is 32.1. The maximum absolute atomic E-state index is 5.48. The molecule has 1 rings (SSSR count). The maximum atomic E-state index is 5.48. The average Bonchev–Trinajstić information content (AvgIpc) is 2.61. The predicted octanol–water partition coefficient (Wildman–Crippen LogP) is 2.35. The Morgan fingerprint density at radius 3 is 3.13 bits per heavy atom. The van der Waals surface area contributed by atoms with Gasteiger partial charge in [-0.25, -0.2) is 4.98 Å². The van der Waals surface area contributed by atoms with Crippen molar-refractivity contribution in [3.63, 3.8) is 0 Å². The van der Waals surface area contributed by atoms with Gasteiger partial charge >= 0.3 is 0 Å². The van der Waals surface area contributed by atoms with Crippen molar-refractivity contribution < 1.29 is 4.74 Å². The molecule has 0 radical (unpaired) electrons. The molecule has 0 aromatic carbocycles. The molecule has 1 N–H and O–H groups in total. The molecule has 0 aliphatic carbocycles. The fraction of sp³-hybridized carbons (Fsp3) is 0.545. The highest BCUT2D eigenvalue weighted by molar-refractivity contribution is 7.09. The van der Waals surface area contributed by atoms with Crippen LogP contribution in [0.5, 0.6) is 0 Å². The van der Waals surface area contributed by atoms with Gasteiger partial charge in [0.2, 0.25) is 0 Å². The molecule has 3 nitrogen and oxygen atoms in total. The van der Waals surface area contributed by atoms with E-state index in [1.54, 1.807) is 11.3 Å². The lowest BCUT2D eigenvalue weighted by Gasteiger charge is -2.01. The lowest BCUT2D eigenvalue weighted by Crippen LogP contribution is -2.04. The third kappa shape index (κ3) is 5.06. The van der Waals surface area contributed by atoms with Gasteiger partial charge in [0.15, 0.2) is 0 Å². The van der Waals surface area contributed by atoms with Gasteiger partial charge in [0.05, 0.1) is 18.9 Å². The molecule has 0 aliphatic rings. The fourth-order valence-corrected chi connectivity index (χ4v) is 1.86. The summed E-state index contributed by atoms with van der Waals surface area (Å²) in [5.41, 5.74) is 2.18. The third-order valence-corrected chi connectivity index (χ3v) is 2.75. The first-order chi connectivity index (χ1) is 7.22. The van der Waals surface area contributed by atoms with Crippen LogP contribution in [0, 0.1) is 0 Å². The van der Waals surface area contributed by atoms with Gasteiger partial charge in [0, 0.05) is 11.9 Å². The predicted molar refractivity (Wildman–Crippen MR) is 64.0 cm³/mol. The minimum Gasteiger partial charge on any atom is -0.375 e. The first kappa shape index (κ1) is 12.4. The van der Waals surface area contributed by atoms with Crippen molar-refractivity contribution in [3.05, 3.63) is 28.2 Å². The van der Waals surface area contributed by atoms with Crippen LogP contribution in [0.3, 0.4) is 0 Å². The van der Waals surface area contributed by atoms with Gasteiger partial charge in [0.25, 0.3) is 0 Å². The molecule has 84 valence electrons. The van der Waals surface area contributed by atoms with Crippen molar-refractivity contribution in [2.75, 3.05) is 13.7 Å². The molecule has 0 fully saturated rings. The Morgan fingerprint density at radius 2 is 2.47 bits per heavy atom. The van der Waals surface area contributed by atoms with Crippen LogP contribution in [0.25, 0.3) is 0 Å². The topological polar surface area (TPSA) is 34.1 Å². The number of aromatic nitrogens is 1. The largest absolute Gasteiger partial charge is 0.375 e. The maximum Gasteiger partial charge on any atom is 0.107 e. The fourth-order valence-electron chi connectivity index (χ4n) is 1.07. The van der Waals surface area contributed by atoms with E-state index in [1.165, 1.54) is 0 Å². The van der Waals surface area contributed by atoms with Crippen LogP contribution in [0.2, 0.25) is 0 Å². The summed E-state index contributed by atoms with van der Waals surface area (Å²) in [6.45, 7) is 8.00. The van der Waals surface area contributed by atoms with E-state index in [1.807, 2.05) is 19.4 Å². The SMILES string of the molecule is C=C(C)CCOCc1csc(CNC)n1. The van der Waals surface area contributed by atoms with Crippen molar-refractivity contribution in [3.8, 4) is 0 Å². The molecule has 4 heteroatoms. The number of thiazole rings is 1. The van der Waals surface area contributed by atoms with E-state index in [4.69, 9.17) is 4.74 Å². The van der Waals surface area contributed by atoms with Gasteiger partial charge in [-0.2, -0.15) is 0 Å². The number of nitrogens with one attached hydrogen (secondary N) is 1. The molecular weight excluding hydrogens is 208 g/mol. The van der Waals surface area contributed by atoms with Crippen molar-refractivity contribution >= 4 is 11.3 Å². The standard InChI is InChI=1S/C11H18N2OS/c1-9(2)4-5-14-7-10-8-15-11(13-10)6-12-3/h8,12H,1,4-7H2,2-3H3. The molecule has 0 aliphatic heterocycles. The molecule has 0 saturated carbocycles. The molecule has 1 aromatic rings. The van der Waals surface area contributed by atoms with Gasteiger partial charge < -0.3 is 10.1 Å². The number of hydrogen-bond donors (Lipinski definition) is 1. The highest BCUT2D eigenvalue weighted by Gasteiger charge is 2.00. The third-order valence-electron chi connectivity index (χ3n) is 1.85. The summed E-state index contributed by atoms with van der Waals surface area (Å²) >= 11 is 1.67. The van der Waals surface area contributed by atoms with Crippen molar-refractivity contribution in [2.45, 2.75) is 26.5 Å². The number of hydrogen-bond acceptors (Lipinski definition) is 4. The zero-order valence-electron chi connectivity index (χ0n) is 9.38. The van der Waals surface area contributed by atoms with E-state index in [0.29, 0.717) is 6.61 Å². The van der Waals surface area contributed by atoms with Gasteiger partial charge in [-0.1, -0.05) is 5.57 Å². The normalized spacial score (nSPS) is 10.5. The van der Waals surface area contributed by atoms with Gasteiger partial charge in [0.1, 0.15) is 5.01 Å². The molecule has 0 saturated heterocycles. The Hall–Kier alpha value is -0.710. The van der Waals surface area contributed by atoms with Crippen molar-refractivity contribution in [1.82, 2.24) is 10.3 Å². The van der Waals surface area contributed by atoms with E-state index in [0.717, 1.165) is 35.8 Å². The smallest absolute Gasteiger partial charge is 0.107 e. The molecule has 0 bridgehead atoms. The molecule has 0 unspecified atom stereocenters. The Labute approximate surface area is 95.2 Å². The lowest BCUT2D eigenvalue weighted by molar-refractivity contribution is 0.121. The van der Waals surface area contributed by atoms with Crippen LogP contribution in [0.4, 0.5) is 0 Å². The monoisotopic (exact) mass is 226 g/mol. The molecule has 0 atom stereocenters. The zero-order chi connectivity index (χ0) is 11.1. The number of ether oxygens (including phenoxy) is 1. The zero-order valence-corrected chi connectivity index (χ0v) is 10.2. The van der Waals surface area contributed by atoms with Gasteiger partial charge in [-0.3, -0.25) is 0 Å². The summed E-state index contributed by atoms with van der Waals surface area (Å²) in [5.74, 6) is 0. The molecular formula is C11H18N2OS. The van der Waals surface area contributed by atoms with Crippen LogP contribution < -0.4 is 5.32 Å². The van der Waals surface area contributed by atoms with Crippen LogP contribution in [0.1, 0.15) is 24.0 Å². The molecule has 15 heavy (non-hydrogen) atoms. The van der Waals surface area contributed by atoms with Crippen LogP contribution in [0.15, 0.2) is 17.5 Å². The summed E-state index contributed by atoms with van der Waals surface area (Å²) in [5, 5.41) is 6.23. The summed E-state index contributed by atoms with van der Waals surface area (Å²) in [6.07, 6.45) is 0.924. The Kier molecular flexibility index (Phi) is 5.53. The lowest BCUT2D eigenvalue weighted by atomic mass is 10.3. The Bertz CT molecular complexity index is 309. The Balaban J connectivity index is 2.22. The molecule has 0 spiro atoms. The number of nitrogens with zero attached hydrogens (tertiary/aromatic N) is 1. The highest BCUT2D eigenvalue weighted by Crippen LogP contribution is 2.10. The van der Waals surface area contributed by atoms with Gasteiger partial charge in [-0.05, 0) is 20.4 Å². The first-order valence-electron chi connectivity index (χ1n) is 5.02. The van der Waals surface area contributed by atoms with Crippen LogP contribution in [-0.2, 0) is 17.9 Å². The van der Waals surface area contributed by atoms with E-state index in [9.17, 15) is 0 Å². The minimum atomic E-state index is 0.605. The van der Waals surface area contributed by atoms with Crippen molar-refractivity contribution in [1.29, 1.82) is 0 Å². The molecule has 1 aromatic heterocycles. The summed E-state index contributed by atoms with van der Waals surface area (Å²) in [4.78, 5) is 4.43. The van der Waals surface area contributed by atoms with Crippen LogP contribution in [-0.4, -0.2) is 18.6 Å². The molecule has 0 amide bonds. The number of rotatable bonds is 7. The van der Waals surface area contributed by atoms with E-state index in [2.05, 4.69) is 16.9 Å². The van der Waals surface area contributed by atoms with Crippen molar-refractivity contribution in [2.24, 2.45) is 0 Å². The summed E-state index contributed by atoms with van der Waals surface area (Å²) in [7, 11) is 1.92. The summed E-state index contributed by atoms with van der Waals surface area (Å²) < 4.78 is 5.48. The second-order valence-electron chi connectivity index (χ2n) is 3.52. The van der Waals surface area contributed by atoms with E-state index in [-0.39, 0.29) is 0 Å². The first-order valence-corrected chi connectivity index (χ1v) is 5.90. The van der Waals surface area contributed by atoms with Gasteiger partial charge in [-0.15, -0.1) is 17.9 Å². The molecule has 1 heterocycles. The quantitative estimate of drug-likeness (QED) is 0.572. The average molecular weight is 226 g/mol. The van der Waals surface area contributed by atoms with Crippen LogP contribution >= 0.6 is 11.3 Å². The summed E-state index contributed by atoms with van der Waals surface area (Å²) in [6, 6.07) is 0. The second-order valence-corrected chi connectivity index (χ2v) is 4.47. The van der Waals surface area contributed by atoms with E-state index < -0.39 is 0 Å².